The molecule has 0 bridgehead atoms. The zero-order valence-electron chi connectivity index (χ0n) is 18.7. The third-order valence-corrected chi connectivity index (χ3v) is 5.27. The lowest BCUT2D eigenvalue weighted by Crippen LogP contribution is -2.45. The number of nitrogens with zero attached hydrogens (tertiary/aromatic N) is 1. The molecule has 28 heavy (non-hydrogen) atoms. The van der Waals surface area contributed by atoms with Crippen molar-refractivity contribution in [3.63, 3.8) is 0 Å². The molecule has 1 heterocycles. The highest BCUT2D eigenvalue weighted by molar-refractivity contribution is 5.85. The Kier molecular flexibility index (Phi) is 10.1. The molecule has 2 N–H and O–H groups in total. The molecule has 0 aromatic heterocycles. The molecule has 3 nitrogen and oxygen atoms in total. The second-order valence-electron chi connectivity index (χ2n) is 9.93. The van der Waals surface area contributed by atoms with Crippen LogP contribution in [0.3, 0.4) is 0 Å². The molecule has 1 atom stereocenters. The Morgan fingerprint density at radius 1 is 1.04 bits per heavy atom. The van der Waals surface area contributed by atoms with E-state index < -0.39 is 0 Å². The molecule has 1 fully saturated rings. The average Bonchev–Trinajstić information content (AvgIpc) is 2.51. The van der Waals surface area contributed by atoms with E-state index in [1.807, 2.05) is 0 Å². The van der Waals surface area contributed by atoms with Crippen molar-refractivity contribution in [3.8, 4) is 5.75 Å². The summed E-state index contributed by atoms with van der Waals surface area (Å²) in [6.45, 7) is 23.5. The smallest absolute Gasteiger partial charge is 0.123 e. The van der Waals surface area contributed by atoms with Crippen LogP contribution in [0.1, 0.15) is 77.6 Å². The summed E-state index contributed by atoms with van der Waals surface area (Å²) in [5.74, 6) is 0.461. The molecular formula is C23H40Cl2N2O. The topological polar surface area (TPSA) is 35.5 Å². The fourth-order valence-corrected chi connectivity index (χ4v) is 3.77. The number of phenols is 1. The lowest BCUT2D eigenvalue weighted by atomic mass is 9.77. The van der Waals surface area contributed by atoms with Gasteiger partial charge in [-0.25, -0.2) is 0 Å². The van der Waals surface area contributed by atoms with Crippen LogP contribution in [0, 0.1) is 0 Å². The number of halogens is 2. The van der Waals surface area contributed by atoms with Crippen LogP contribution in [0.15, 0.2) is 24.3 Å². The van der Waals surface area contributed by atoms with Gasteiger partial charge in [-0.3, -0.25) is 4.90 Å². The van der Waals surface area contributed by atoms with Gasteiger partial charge in [0.2, 0.25) is 0 Å². The van der Waals surface area contributed by atoms with E-state index in [0.717, 1.165) is 43.7 Å². The lowest BCUT2D eigenvalue weighted by Gasteiger charge is -2.37. The fraction of sp³-hybridized carbons (Fsp3) is 0.652. The average molecular weight is 431 g/mol. The Morgan fingerprint density at radius 2 is 1.46 bits per heavy atom. The molecule has 0 amide bonds. The molecule has 0 aliphatic carbocycles. The Bertz CT molecular complexity index is 619. The van der Waals surface area contributed by atoms with Gasteiger partial charge in [-0.1, -0.05) is 47.1 Å². The SMILES string of the molecule is C=C(C)C[C@@H](c1cc(C(C)(C)C)c(O)c(C(C)(C)C)c1)N1CCNCC1.Cl.Cl. The summed E-state index contributed by atoms with van der Waals surface area (Å²) in [7, 11) is 0. The third-order valence-electron chi connectivity index (χ3n) is 5.27. The molecule has 1 aromatic carbocycles. The first-order chi connectivity index (χ1) is 11.9. The summed E-state index contributed by atoms with van der Waals surface area (Å²) < 4.78 is 0. The highest BCUT2D eigenvalue weighted by Crippen LogP contribution is 2.42. The van der Waals surface area contributed by atoms with Gasteiger partial charge in [0, 0.05) is 32.2 Å². The van der Waals surface area contributed by atoms with Gasteiger partial charge in [0.15, 0.2) is 0 Å². The van der Waals surface area contributed by atoms with Gasteiger partial charge in [0.05, 0.1) is 0 Å². The summed E-state index contributed by atoms with van der Waals surface area (Å²) in [6, 6.07) is 4.79. The van der Waals surface area contributed by atoms with Gasteiger partial charge in [0.1, 0.15) is 5.75 Å². The maximum Gasteiger partial charge on any atom is 0.123 e. The highest BCUT2D eigenvalue weighted by Gasteiger charge is 2.30. The molecule has 0 unspecified atom stereocenters. The minimum atomic E-state index is -0.0999. The predicted molar refractivity (Wildman–Crippen MR) is 127 cm³/mol. The molecule has 0 spiro atoms. The van der Waals surface area contributed by atoms with Crippen molar-refractivity contribution in [2.45, 2.75) is 71.8 Å². The zero-order valence-corrected chi connectivity index (χ0v) is 20.3. The van der Waals surface area contributed by atoms with Crippen LogP contribution in [0.25, 0.3) is 0 Å². The maximum atomic E-state index is 11.0. The molecule has 162 valence electrons. The molecule has 0 radical (unpaired) electrons. The number of rotatable bonds is 4. The van der Waals surface area contributed by atoms with E-state index in [1.165, 1.54) is 11.1 Å². The lowest BCUT2D eigenvalue weighted by molar-refractivity contribution is 0.172. The Morgan fingerprint density at radius 3 is 1.82 bits per heavy atom. The van der Waals surface area contributed by atoms with Gasteiger partial charge >= 0.3 is 0 Å². The number of hydrogen-bond donors (Lipinski definition) is 2. The predicted octanol–water partition coefficient (Wildman–Crippen LogP) is 5.74. The van der Waals surface area contributed by atoms with E-state index >= 15 is 0 Å². The van der Waals surface area contributed by atoms with E-state index in [4.69, 9.17) is 0 Å². The number of hydrogen-bond acceptors (Lipinski definition) is 3. The van der Waals surface area contributed by atoms with Crippen molar-refractivity contribution in [2.75, 3.05) is 26.2 Å². The summed E-state index contributed by atoms with van der Waals surface area (Å²) in [5, 5.41) is 14.5. The van der Waals surface area contributed by atoms with Crippen molar-refractivity contribution in [2.24, 2.45) is 0 Å². The first kappa shape index (κ1) is 27.3. The van der Waals surface area contributed by atoms with Crippen LogP contribution in [-0.4, -0.2) is 36.2 Å². The number of aromatic hydroxyl groups is 1. The highest BCUT2D eigenvalue weighted by atomic mass is 35.5. The zero-order chi connectivity index (χ0) is 19.7. The van der Waals surface area contributed by atoms with E-state index in [-0.39, 0.29) is 35.6 Å². The fourth-order valence-electron chi connectivity index (χ4n) is 3.77. The first-order valence-electron chi connectivity index (χ1n) is 9.88. The van der Waals surface area contributed by atoms with Crippen LogP contribution in [0.5, 0.6) is 5.75 Å². The van der Waals surface area contributed by atoms with Crippen LogP contribution in [0.2, 0.25) is 0 Å². The molecule has 0 saturated carbocycles. The second kappa shape index (κ2) is 10.3. The molecular weight excluding hydrogens is 391 g/mol. The molecule has 5 heteroatoms. The minimum Gasteiger partial charge on any atom is -0.507 e. The summed E-state index contributed by atoms with van der Waals surface area (Å²) in [5.41, 5.74) is 4.40. The van der Waals surface area contributed by atoms with Crippen LogP contribution in [0.4, 0.5) is 0 Å². The van der Waals surface area contributed by atoms with Crippen molar-refractivity contribution in [3.05, 3.63) is 41.0 Å². The van der Waals surface area contributed by atoms with Crippen molar-refractivity contribution < 1.29 is 5.11 Å². The Hall–Kier alpha value is -0.740. The molecule has 1 aliphatic heterocycles. The third kappa shape index (κ3) is 6.66. The Labute approximate surface area is 184 Å². The molecule has 1 aromatic rings. The molecule has 1 aliphatic rings. The normalized spacial score (nSPS) is 16.7. The van der Waals surface area contributed by atoms with Crippen LogP contribution in [-0.2, 0) is 10.8 Å². The molecule has 1 saturated heterocycles. The molecule has 2 rings (SSSR count). The first-order valence-corrected chi connectivity index (χ1v) is 9.88. The van der Waals surface area contributed by atoms with Crippen LogP contribution >= 0.6 is 24.8 Å². The van der Waals surface area contributed by atoms with E-state index in [1.54, 1.807) is 0 Å². The standard InChI is InChI=1S/C23H38N2O.2ClH/c1-16(2)13-20(25-11-9-24-10-12-25)17-14-18(22(3,4)5)21(26)19(15-17)23(6,7)8;;/h14-15,20,24,26H,1,9-13H2,2-8H3;2*1H/t20-;;/m0../s1. The quantitative estimate of drug-likeness (QED) is 0.597. The van der Waals surface area contributed by atoms with Crippen LogP contribution < -0.4 is 5.32 Å². The van der Waals surface area contributed by atoms with Gasteiger partial charge in [-0.2, -0.15) is 0 Å². The maximum absolute atomic E-state index is 11.0. The van der Waals surface area contributed by atoms with Gasteiger partial charge in [-0.15, -0.1) is 31.4 Å². The Balaban J connectivity index is 0.00000364. The van der Waals surface area contributed by atoms with Crippen molar-refractivity contribution in [1.82, 2.24) is 10.2 Å². The number of benzene rings is 1. The largest absolute Gasteiger partial charge is 0.507 e. The van der Waals surface area contributed by atoms with Crippen molar-refractivity contribution in [1.29, 1.82) is 0 Å². The number of phenolic OH excluding ortho intramolecular Hbond substituents is 1. The number of nitrogens with one attached hydrogen (secondary N) is 1. The number of piperazine rings is 1. The van der Waals surface area contributed by atoms with Gasteiger partial charge in [0.25, 0.3) is 0 Å². The second-order valence-corrected chi connectivity index (χ2v) is 9.93. The van der Waals surface area contributed by atoms with E-state index in [0.29, 0.717) is 11.8 Å². The van der Waals surface area contributed by atoms with Gasteiger partial charge in [-0.05, 0) is 53.0 Å². The minimum absolute atomic E-state index is 0. The summed E-state index contributed by atoms with van der Waals surface area (Å²) in [6.07, 6.45) is 0.956. The van der Waals surface area contributed by atoms with E-state index in [2.05, 4.69) is 77.4 Å². The van der Waals surface area contributed by atoms with Gasteiger partial charge < -0.3 is 10.4 Å². The van der Waals surface area contributed by atoms with Crippen molar-refractivity contribution >= 4 is 24.8 Å². The monoisotopic (exact) mass is 430 g/mol. The summed E-state index contributed by atoms with van der Waals surface area (Å²) in [4.78, 5) is 2.57. The van der Waals surface area contributed by atoms with E-state index in [9.17, 15) is 5.11 Å². The summed E-state index contributed by atoms with van der Waals surface area (Å²) >= 11 is 0.